The summed E-state index contributed by atoms with van der Waals surface area (Å²) in [5.74, 6) is -1.20. The molecule has 1 aromatic rings. The average molecular weight is 378 g/mol. The molecule has 0 spiro atoms. The highest BCUT2D eigenvalue weighted by molar-refractivity contribution is 9.10. The molecule has 0 saturated heterocycles. The van der Waals surface area contributed by atoms with Crippen molar-refractivity contribution in [2.75, 3.05) is 6.61 Å². The second-order valence-corrected chi connectivity index (χ2v) is 7.79. The SMILES string of the molecule is Cc1c(Br)cc(C(=O)O)cc1S(=O)(=O)NC1(CO)CCC1. The molecule has 0 unspecified atom stereocenters. The molecule has 21 heavy (non-hydrogen) atoms. The van der Waals surface area contributed by atoms with Crippen LogP contribution in [-0.2, 0) is 10.0 Å². The van der Waals surface area contributed by atoms with Gasteiger partial charge in [0.2, 0.25) is 10.0 Å². The van der Waals surface area contributed by atoms with Gasteiger partial charge in [-0.05, 0) is 43.9 Å². The monoisotopic (exact) mass is 377 g/mol. The third-order valence-electron chi connectivity index (χ3n) is 3.80. The van der Waals surface area contributed by atoms with Gasteiger partial charge in [-0.25, -0.2) is 17.9 Å². The van der Waals surface area contributed by atoms with Crippen LogP contribution in [0.5, 0.6) is 0 Å². The van der Waals surface area contributed by atoms with Crippen LogP contribution in [0.15, 0.2) is 21.5 Å². The van der Waals surface area contributed by atoms with Gasteiger partial charge in [-0.3, -0.25) is 0 Å². The van der Waals surface area contributed by atoms with Gasteiger partial charge in [0.15, 0.2) is 0 Å². The number of aliphatic hydroxyl groups excluding tert-OH is 1. The Morgan fingerprint density at radius 2 is 2.05 bits per heavy atom. The van der Waals surface area contributed by atoms with E-state index in [4.69, 9.17) is 5.11 Å². The number of nitrogens with one attached hydrogen (secondary N) is 1. The summed E-state index contributed by atoms with van der Waals surface area (Å²) in [6, 6.07) is 2.50. The minimum atomic E-state index is -3.90. The Bertz CT molecular complexity index is 677. The second-order valence-electron chi connectivity index (χ2n) is 5.28. The molecule has 2 rings (SSSR count). The van der Waals surface area contributed by atoms with E-state index in [0.717, 1.165) is 12.5 Å². The Hall–Kier alpha value is -0.960. The van der Waals surface area contributed by atoms with E-state index in [1.165, 1.54) is 6.07 Å². The minimum Gasteiger partial charge on any atom is -0.478 e. The van der Waals surface area contributed by atoms with E-state index >= 15 is 0 Å². The molecule has 0 bridgehead atoms. The number of aromatic carboxylic acids is 1. The topological polar surface area (TPSA) is 104 Å². The van der Waals surface area contributed by atoms with Crippen molar-refractivity contribution in [3.63, 3.8) is 0 Å². The van der Waals surface area contributed by atoms with E-state index in [9.17, 15) is 18.3 Å². The number of aliphatic hydroxyl groups is 1. The predicted molar refractivity (Wildman–Crippen MR) is 79.8 cm³/mol. The molecule has 1 aliphatic rings. The van der Waals surface area contributed by atoms with Crippen molar-refractivity contribution < 1.29 is 23.4 Å². The Morgan fingerprint density at radius 1 is 1.43 bits per heavy atom. The summed E-state index contributed by atoms with van der Waals surface area (Å²) in [6.07, 6.45) is 1.99. The summed E-state index contributed by atoms with van der Waals surface area (Å²) in [5.41, 5.74) is -0.504. The summed E-state index contributed by atoms with van der Waals surface area (Å²) in [7, 11) is -3.90. The van der Waals surface area contributed by atoms with Gasteiger partial charge >= 0.3 is 5.97 Å². The smallest absolute Gasteiger partial charge is 0.335 e. The van der Waals surface area contributed by atoms with Crippen molar-refractivity contribution in [2.24, 2.45) is 0 Å². The van der Waals surface area contributed by atoms with Crippen molar-refractivity contribution in [1.82, 2.24) is 4.72 Å². The quantitative estimate of drug-likeness (QED) is 0.723. The van der Waals surface area contributed by atoms with Gasteiger partial charge in [-0.1, -0.05) is 15.9 Å². The van der Waals surface area contributed by atoms with Crippen molar-refractivity contribution >= 4 is 31.9 Å². The van der Waals surface area contributed by atoms with Crippen molar-refractivity contribution in [1.29, 1.82) is 0 Å². The van der Waals surface area contributed by atoms with Gasteiger partial charge < -0.3 is 10.2 Å². The Balaban J connectivity index is 2.46. The highest BCUT2D eigenvalue weighted by Gasteiger charge is 2.40. The highest BCUT2D eigenvalue weighted by atomic mass is 79.9. The zero-order chi connectivity index (χ0) is 15.8. The van der Waals surface area contributed by atoms with Crippen molar-refractivity contribution in [3.8, 4) is 0 Å². The van der Waals surface area contributed by atoms with Crippen molar-refractivity contribution in [2.45, 2.75) is 36.6 Å². The molecule has 8 heteroatoms. The lowest BCUT2D eigenvalue weighted by Crippen LogP contribution is -2.56. The molecule has 3 N–H and O–H groups in total. The van der Waals surface area contributed by atoms with Gasteiger partial charge in [0.05, 0.1) is 22.6 Å². The summed E-state index contributed by atoms with van der Waals surface area (Å²) in [6.45, 7) is 1.32. The molecule has 1 saturated carbocycles. The van der Waals surface area contributed by atoms with E-state index in [0.29, 0.717) is 22.9 Å². The number of hydrogen-bond donors (Lipinski definition) is 3. The summed E-state index contributed by atoms with van der Waals surface area (Å²) in [4.78, 5) is 11.0. The lowest BCUT2D eigenvalue weighted by Gasteiger charge is -2.40. The second kappa shape index (κ2) is 5.68. The fraction of sp³-hybridized carbons (Fsp3) is 0.462. The summed E-state index contributed by atoms with van der Waals surface area (Å²) >= 11 is 3.18. The number of hydrogen-bond acceptors (Lipinski definition) is 4. The van der Waals surface area contributed by atoms with Gasteiger partial charge in [-0.2, -0.15) is 0 Å². The highest BCUT2D eigenvalue weighted by Crippen LogP contribution is 2.34. The summed E-state index contributed by atoms with van der Waals surface area (Å²) < 4.78 is 27.9. The molecule has 6 nitrogen and oxygen atoms in total. The molecule has 1 aliphatic carbocycles. The first-order valence-electron chi connectivity index (χ1n) is 6.39. The molecular formula is C13H16BrNO5S. The Labute approximate surface area is 131 Å². The van der Waals surface area contributed by atoms with Crippen LogP contribution in [0.4, 0.5) is 0 Å². The first-order valence-corrected chi connectivity index (χ1v) is 8.67. The van der Waals surface area contributed by atoms with Gasteiger partial charge in [0, 0.05) is 4.47 Å². The third kappa shape index (κ3) is 3.13. The number of carboxylic acids is 1. The third-order valence-corrected chi connectivity index (χ3v) is 6.33. The van der Waals surface area contributed by atoms with Crippen LogP contribution in [-0.4, -0.2) is 36.7 Å². The number of carbonyl (C=O) groups is 1. The normalized spacial score (nSPS) is 17.3. The lowest BCUT2D eigenvalue weighted by atomic mass is 9.78. The van der Waals surface area contributed by atoms with E-state index in [1.54, 1.807) is 6.92 Å². The minimum absolute atomic E-state index is 0.0889. The van der Waals surface area contributed by atoms with Crippen LogP contribution in [0.2, 0.25) is 0 Å². The van der Waals surface area contributed by atoms with E-state index < -0.39 is 21.5 Å². The fourth-order valence-corrected chi connectivity index (χ4v) is 4.63. The Morgan fingerprint density at radius 3 is 2.48 bits per heavy atom. The number of carboxylic acid groups (broad SMARTS) is 1. The fourth-order valence-electron chi connectivity index (χ4n) is 2.29. The summed E-state index contributed by atoms with van der Waals surface area (Å²) in [5, 5.41) is 18.4. The predicted octanol–water partition coefficient (Wildman–Crippen LogP) is 1.65. The van der Waals surface area contributed by atoms with Crippen LogP contribution < -0.4 is 4.72 Å². The first-order chi connectivity index (χ1) is 9.71. The number of sulfonamides is 1. The van der Waals surface area contributed by atoms with Crippen LogP contribution in [0, 0.1) is 6.92 Å². The molecule has 1 aromatic carbocycles. The van der Waals surface area contributed by atoms with Crippen LogP contribution >= 0.6 is 15.9 Å². The number of rotatable bonds is 5. The van der Waals surface area contributed by atoms with E-state index in [-0.39, 0.29) is 17.1 Å². The molecule has 0 heterocycles. The van der Waals surface area contributed by atoms with Gasteiger partial charge in [0.1, 0.15) is 0 Å². The van der Waals surface area contributed by atoms with Crippen LogP contribution in [0.25, 0.3) is 0 Å². The first kappa shape index (κ1) is 16.4. The molecule has 0 aromatic heterocycles. The largest absolute Gasteiger partial charge is 0.478 e. The average Bonchev–Trinajstić information content (AvgIpc) is 2.36. The zero-order valence-electron chi connectivity index (χ0n) is 11.4. The molecule has 0 aliphatic heterocycles. The van der Waals surface area contributed by atoms with Gasteiger partial charge in [-0.15, -0.1) is 0 Å². The Kier molecular flexibility index (Phi) is 4.44. The molecule has 0 radical (unpaired) electrons. The standard InChI is InChI=1S/C13H16BrNO5S/c1-8-10(14)5-9(12(17)18)6-11(8)21(19,20)15-13(7-16)3-2-4-13/h5-6,15-16H,2-4,7H2,1H3,(H,17,18). The maximum absolute atomic E-state index is 12.5. The zero-order valence-corrected chi connectivity index (χ0v) is 13.8. The molecule has 1 fully saturated rings. The number of benzene rings is 1. The van der Waals surface area contributed by atoms with Crippen LogP contribution in [0.1, 0.15) is 35.2 Å². The number of halogens is 1. The van der Waals surface area contributed by atoms with Gasteiger partial charge in [0.25, 0.3) is 0 Å². The molecule has 0 amide bonds. The van der Waals surface area contributed by atoms with E-state index in [2.05, 4.69) is 20.7 Å². The van der Waals surface area contributed by atoms with E-state index in [1.807, 2.05) is 0 Å². The molecule has 116 valence electrons. The maximum atomic E-state index is 12.5. The molecular weight excluding hydrogens is 362 g/mol. The lowest BCUT2D eigenvalue weighted by molar-refractivity contribution is 0.0696. The maximum Gasteiger partial charge on any atom is 0.335 e. The van der Waals surface area contributed by atoms with Crippen molar-refractivity contribution in [3.05, 3.63) is 27.7 Å². The van der Waals surface area contributed by atoms with Crippen LogP contribution in [0.3, 0.4) is 0 Å². The molecule has 0 atom stereocenters.